The summed E-state index contributed by atoms with van der Waals surface area (Å²) in [7, 11) is 0. The van der Waals surface area contributed by atoms with Crippen LogP contribution in [-0.2, 0) is 4.74 Å². The molecule has 1 aliphatic rings. The smallest absolute Gasteiger partial charge is 0.357 e. The molecule has 0 aromatic carbocycles. The first-order valence-electron chi connectivity index (χ1n) is 7.54. The number of hydrogen-bond acceptors (Lipinski definition) is 4. The van der Waals surface area contributed by atoms with Crippen molar-refractivity contribution < 1.29 is 9.53 Å². The second kappa shape index (κ2) is 6.25. The van der Waals surface area contributed by atoms with E-state index >= 15 is 0 Å². The van der Waals surface area contributed by atoms with Crippen LogP contribution in [-0.4, -0.2) is 17.6 Å². The van der Waals surface area contributed by atoms with Crippen molar-refractivity contribution in [2.45, 2.75) is 59.3 Å². The van der Waals surface area contributed by atoms with E-state index in [1.54, 1.807) is 11.3 Å². The third kappa shape index (κ3) is 3.60. The van der Waals surface area contributed by atoms with E-state index in [4.69, 9.17) is 4.74 Å². The normalized spacial score (nSPS) is 23.6. The number of aromatic nitrogens is 1. The minimum absolute atomic E-state index is 0.293. The van der Waals surface area contributed by atoms with Gasteiger partial charge in [0.15, 0.2) is 5.69 Å². The topological polar surface area (TPSA) is 39.2 Å². The highest BCUT2D eigenvalue weighted by molar-refractivity contribution is 7.09. The zero-order valence-corrected chi connectivity index (χ0v) is 13.8. The molecule has 0 saturated heterocycles. The maximum atomic E-state index is 11.6. The molecule has 1 aliphatic carbocycles. The van der Waals surface area contributed by atoms with Crippen LogP contribution in [0, 0.1) is 11.3 Å². The molecule has 1 aromatic rings. The van der Waals surface area contributed by atoms with Gasteiger partial charge in [0.2, 0.25) is 0 Å². The molecular formula is C16H25NO2S. The van der Waals surface area contributed by atoms with Crippen molar-refractivity contribution in [1.29, 1.82) is 0 Å². The molecule has 112 valence electrons. The lowest BCUT2D eigenvalue weighted by Crippen LogP contribution is -2.25. The van der Waals surface area contributed by atoms with Crippen molar-refractivity contribution in [3.8, 4) is 0 Å². The Morgan fingerprint density at radius 2 is 2.00 bits per heavy atom. The highest BCUT2D eigenvalue weighted by Gasteiger charge is 2.31. The van der Waals surface area contributed by atoms with Gasteiger partial charge in [0.05, 0.1) is 11.6 Å². The molecule has 0 radical (unpaired) electrons. The second-order valence-electron chi connectivity index (χ2n) is 6.71. The summed E-state index contributed by atoms with van der Waals surface area (Å²) < 4.78 is 5.00. The van der Waals surface area contributed by atoms with E-state index in [9.17, 15) is 4.79 Å². The average molecular weight is 295 g/mol. The van der Waals surface area contributed by atoms with Crippen LogP contribution in [0.5, 0.6) is 0 Å². The van der Waals surface area contributed by atoms with Crippen LogP contribution < -0.4 is 0 Å². The summed E-state index contributed by atoms with van der Waals surface area (Å²) in [5, 5.41) is 2.95. The lowest BCUT2D eigenvalue weighted by molar-refractivity contribution is 0.0520. The van der Waals surface area contributed by atoms with Gasteiger partial charge in [-0.05, 0) is 43.9 Å². The minimum Gasteiger partial charge on any atom is -0.461 e. The van der Waals surface area contributed by atoms with E-state index in [-0.39, 0.29) is 5.97 Å². The number of carbonyl (C=O) groups is 1. The largest absolute Gasteiger partial charge is 0.461 e. The van der Waals surface area contributed by atoms with Gasteiger partial charge in [-0.2, -0.15) is 0 Å². The van der Waals surface area contributed by atoms with E-state index < -0.39 is 0 Å². The molecule has 1 heterocycles. The van der Waals surface area contributed by atoms with Crippen molar-refractivity contribution in [3.63, 3.8) is 0 Å². The number of esters is 1. The SMILES string of the molecule is CCOC(=O)c1csc(C2CCC(C(C)(C)C)CC2)n1. The second-order valence-corrected chi connectivity index (χ2v) is 7.60. The molecular weight excluding hydrogens is 270 g/mol. The van der Waals surface area contributed by atoms with Crippen LogP contribution >= 0.6 is 11.3 Å². The van der Waals surface area contributed by atoms with Gasteiger partial charge >= 0.3 is 5.97 Å². The Morgan fingerprint density at radius 1 is 1.35 bits per heavy atom. The fraction of sp³-hybridized carbons (Fsp3) is 0.750. The molecule has 0 atom stereocenters. The summed E-state index contributed by atoms with van der Waals surface area (Å²) in [6.45, 7) is 9.22. The molecule has 0 unspecified atom stereocenters. The molecule has 0 amide bonds. The Kier molecular flexibility index (Phi) is 4.84. The first-order valence-corrected chi connectivity index (χ1v) is 8.42. The van der Waals surface area contributed by atoms with Gasteiger partial charge < -0.3 is 4.74 Å². The lowest BCUT2D eigenvalue weighted by atomic mass is 9.70. The van der Waals surface area contributed by atoms with E-state index in [1.807, 2.05) is 12.3 Å². The Bertz CT molecular complexity index is 453. The highest BCUT2D eigenvalue weighted by Crippen LogP contribution is 2.43. The van der Waals surface area contributed by atoms with E-state index in [2.05, 4.69) is 25.8 Å². The Morgan fingerprint density at radius 3 is 2.55 bits per heavy atom. The van der Waals surface area contributed by atoms with Crippen LogP contribution in [0.4, 0.5) is 0 Å². The Balaban J connectivity index is 1.96. The third-order valence-corrected chi connectivity index (χ3v) is 5.31. The fourth-order valence-electron chi connectivity index (χ4n) is 2.98. The van der Waals surface area contributed by atoms with Crippen molar-refractivity contribution in [2.75, 3.05) is 6.61 Å². The van der Waals surface area contributed by atoms with Crippen molar-refractivity contribution in [3.05, 3.63) is 16.1 Å². The Labute approximate surface area is 125 Å². The zero-order chi connectivity index (χ0) is 14.8. The molecule has 0 bridgehead atoms. The molecule has 3 nitrogen and oxygen atoms in total. The predicted octanol–water partition coefficient (Wildman–Crippen LogP) is 4.64. The van der Waals surface area contributed by atoms with Crippen molar-refractivity contribution in [1.82, 2.24) is 4.98 Å². The molecule has 1 aromatic heterocycles. The average Bonchev–Trinajstić information content (AvgIpc) is 2.88. The number of thiazole rings is 1. The van der Waals surface area contributed by atoms with Gasteiger partial charge in [0.25, 0.3) is 0 Å². The summed E-state index contributed by atoms with van der Waals surface area (Å²) in [6.07, 6.45) is 4.92. The molecule has 1 saturated carbocycles. The number of rotatable bonds is 3. The van der Waals surface area contributed by atoms with Crippen LogP contribution in [0.25, 0.3) is 0 Å². The van der Waals surface area contributed by atoms with Gasteiger partial charge in [-0.25, -0.2) is 9.78 Å². The first kappa shape index (κ1) is 15.5. The lowest BCUT2D eigenvalue weighted by Gasteiger charge is -2.36. The molecule has 1 fully saturated rings. The van der Waals surface area contributed by atoms with Crippen molar-refractivity contribution in [2.24, 2.45) is 11.3 Å². The monoisotopic (exact) mass is 295 g/mol. The van der Waals surface area contributed by atoms with E-state index in [1.165, 1.54) is 25.7 Å². The Hall–Kier alpha value is -0.900. The first-order chi connectivity index (χ1) is 9.41. The molecule has 2 rings (SSSR count). The number of carbonyl (C=O) groups excluding carboxylic acids is 1. The van der Waals surface area contributed by atoms with Crippen LogP contribution in [0.15, 0.2) is 5.38 Å². The number of hydrogen-bond donors (Lipinski definition) is 0. The van der Waals surface area contributed by atoms with E-state index in [0.29, 0.717) is 23.6 Å². The van der Waals surface area contributed by atoms with Crippen molar-refractivity contribution >= 4 is 17.3 Å². The summed E-state index contributed by atoms with van der Waals surface area (Å²) >= 11 is 1.61. The maximum Gasteiger partial charge on any atom is 0.357 e. The molecule has 0 spiro atoms. The number of nitrogens with zero attached hydrogens (tertiary/aromatic N) is 1. The van der Waals surface area contributed by atoms with Crippen LogP contribution in [0.1, 0.15) is 74.8 Å². The summed E-state index contributed by atoms with van der Waals surface area (Å²) in [6, 6.07) is 0. The molecule has 20 heavy (non-hydrogen) atoms. The summed E-state index contributed by atoms with van der Waals surface area (Å²) in [4.78, 5) is 16.1. The minimum atomic E-state index is -0.293. The van der Waals surface area contributed by atoms with Crippen LogP contribution in [0.3, 0.4) is 0 Å². The van der Waals surface area contributed by atoms with Gasteiger partial charge in [0.1, 0.15) is 0 Å². The fourth-order valence-corrected chi connectivity index (χ4v) is 3.94. The predicted molar refractivity (Wildman–Crippen MR) is 82.2 cm³/mol. The van der Waals surface area contributed by atoms with Gasteiger partial charge in [-0.3, -0.25) is 0 Å². The maximum absolute atomic E-state index is 11.6. The number of ether oxygens (including phenoxy) is 1. The van der Waals surface area contributed by atoms with Gasteiger partial charge in [-0.15, -0.1) is 11.3 Å². The zero-order valence-electron chi connectivity index (χ0n) is 12.9. The molecule has 0 N–H and O–H groups in total. The summed E-state index contributed by atoms with van der Waals surface area (Å²) in [5.74, 6) is 1.04. The molecule has 4 heteroatoms. The van der Waals surface area contributed by atoms with Gasteiger partial charge in [-0.1, -0.05) is 20.8 Å². The highest BCUT2D eigenvalue weighted by atomic mass is 32.1. The third-order valence-electron chi connectivity index (χ3n) is 4.31. The standard InChI is InChI=1S/C16H25NO2S/c1-5-19-15(18)13-10-20-14(17-13)11-6-8-12(9-7-11)16(2,3)4/h10-12H,5-9H2,1-4H3. The molecule has 0 aliphatic heterocycles. The summed E-state index contributed by atoms with van der Waals surface area (Å²) in [5.41, 5.74) is 0.883. The van der Waals surface area contributed by atoms with E-state index in [0.717, 1.165) is 10.9 Å². The quantitative estimate of drug-likeness (QED) is 0.763. The van der Waals surface area contributed by atoms with Crippen LogP contribution in [0.2, 0.25) is 0 Å². The van der Waals surface area contributed by atoms with Gasteiger partial charge in [0, 0.05) is 11.3 Å².